The molecule has 1 heteroatoms. The first-order valence-corrected chi connectivity index (χ1v) is 16.5. The van der Waals surface area contributed by atoms with Gasteiger partial charge in [-0.2, -0.15) is 0 Å². The second kappa shape index (κ2) is 4.90. The topological polar surface area (TPSA) is 0 Å². The summed E-state index contributed by atoms with van der Waals surface area (Å²) >= 11 is -2.44. The van der Waals surface area contributed by atoms with Gasteiger partial charge in [-0.25, -0.2) is 0 Å². The van der Waals surface area contributed by atoms with Gasteiger partial charge in [-0.1, -0.05) is 0 Å². The van der Waals surface area contributed by atoms with Crippen LogP contribution < -0.4 is 0 Å². The molecule has 2 aliphatic carbocycles. The molecule has 0 bridgehead atoms. The average Bonchev–Trinajstić information content (AvgIpc) is 3.08. The number of hydrogen-bond acceptors (Lipinski definition) is 0. The van der Waals surface area contributed by atoms with Gasteiger partial charge in [0.15, 0.2) is 0 Å². The number of rotatable bonds is 0. The fourth-order valence-electron chi connectivity index (χ4n) is 5.42. The second-order valence-corrected chi connectivity index (χ2v) is 19.7. The Morgan fingerprint density at radius 2 is 1.13 bits per heavy atom. The van der Waals surface area contributed by atoms with E-state index in [0.29, 0.717) is 0 Å². The summed E-state index contributed by atoms with van der Waals surface area (Å²) in [6.45, 7) is 0. The van der Waals surface area contributed by atoms with E-state index in [9.17, 15) is 0 Å². The van der Waals surface area contributed by atoms with Gasteiger partial charge in [0.05, 0.1) is 0 Å². The van der Waals surface area contributed by atoms with Gasteiger partial charge >= 0.3 is 144 Å². The van der Waals surface area contributed by atoms with Crippen molar-refractivity contribution in [2.75, 3.05) is 0 Å². The Hall–Kier alpha value is -1.20. The third-order valence-corrected chi connectivity index (χ3v) is 16.9. The van der Waals surface area contributed by atoms with Gasteiger partial charge in [0.25, 0.3) is 0 Å². The quantitative estimate of drug-likeness (QED) is 0.505. The second-order valence-electron chi connectivity index (χ2n) is 7.88. The van der Waals surface area contributed by atoms with E-state index in [0.717, 1.165) is 7.25 Å². The molecule has 1 heterocycles. The van der Waals surface area contributed by atoms with E-state index in [1.54, 1.807) is 22.3 Å². The molecule has 0 amide bonds. The Kier molecular flexibility index (Phi) is 3.02. The maximum absolute atomic E-state index is 2.70. The molecule has 0 N–H and O–H groups in total. The first kappa shape index (κ1) is 14.2. The first-order chi connectivity index (χ1) is 11.2. The third-order valence-electron chi connectivity index (χ3n) is 6.23. The summed E-state index contributed by atoms with van der Waals surface area (Å²) in [5.74, 6) is 0. The van der Waals surface area contributed by atoms with Crippen molar-refractivity contribution < 1.29 is 20.3 Å². The van der Waals surface area contributed by atoms with Crippen molar-refractivity contribution in [2.45, 2.75) is 29.4 Å². The van der Waals surface area contributed by atoms with Crippen molar-refractivity contribution in [3.63, 3.8) is 0 Å². The van der Waals surface area contributed by atoms with E-state index < -0.39 is 20.3 Å². The molecule has 2 unspecified atom stereocenters. The molecular formula is C22H22Zr. The van der Waals surface area contributed by atoms with Crippen molar-refractivity contribution in [1.29, 1.82) is 0 Å². The molecule has 1 saturated heterocycles. The molecule has 3 aliphatic rings. The van der Waals surface area contributed by atoms with Crippen LogP contribution in [0.2, 0.25) is 9.26 Å². The van der Waals surface area contributed by atoms with Crippen LogP contribution in [-0.2, 0) is 20.3 Å². The Bertz CT molecular complexity index is 798. The summed E-state index contributed by atoms with van der Waals surface area (Å²) in [4.78, 5) is 0. The molecule has 0 radical (unpaired) electrons. The zero-order valence-corrected chi connectivity index (χ0v) is 16.3. The molecule has 0 spiro atoms. The Morgan fingerprint density at radius 1 is 0.696 bits per heavy atom. The molecule has 0 aromatic heterocycles. The van der Waals surface area contributed by atoms with Crippen LogP contribution in [0, 0.1) is 0 Å². The van der Waals surface area contributed by atoms with E-state index in [-0.39, 0.29) is 0 Å². The van der Waals surface area contributed by atoms with E-state index in [2.05, 4.69) is 69.9 Å². The van der Waals surface area contributed by atoms with Crippen LogP contribution in [0.3, 0.4) is 0 Å². The molecule has 2 aromatic rings. The fourth-order valence-corrected chi connectivity index (χ4v) is 17.3. The van der Waals surface area contributed by atoms with Crippen LogP contribution >= 0.6 is 0 Å². The van der Waals surface area contributed by atoms with Gasteiger partial charge in [-0.05, 0) is 0 Å². The first-order valence-electron chi connectivity index (χ1n) is 8.75. The van der Waals surface area contributed by atoms with Crippen molar-refractivity contribution in [2.24, 2.45) is 0 Å². The normalized spacial score (nSPS) is 26.3. The predicted octanol–water partition coefficient (Wildman–Crippen LogP) is 6.31. The zero-order valence-electron chi connectivity index (χ0n) is 13.8. The number of allylic oxidation sites excluding steroid dienone is 2. The van der Waals surface area contributed by atoms with Crippen LogP contribution in [0.4, 0.5) is 0 Å². The molecule has 0 nitrogen and oxygen atoms in total. The van der Waals surface area contributed by atoms with Gasteiger partial charge < -0.3 is 0 Å². The van der Waals surface area contributed by atoms with Gasteiger partial charge in [0.1, 0.15) is 0 Å². The van der Waals surface area contributed by atoms with Gasteiger partial charge in [0.2, 0.25) is 0 Å². The van der Waals surface area contributed by atoms with E-state index >= 15 is 0 Å². The zero-order chi connectivity index (χ0) is 15.6. The SMILES string of the molecule is [CH3][Zr]1([CH3])[CH]2C(=Cc3ccccc32)CCC2=Cc3ccccc3[CH]21. The van der Waals surface area contributed by atoms with Crippen LogP contribution in [0.1, 0.15) is 42.3 Å². The van der Waals surface area contributed by atoms with Crippen LogP contribution in [0.15, 0.2) is 59.7 Å². The van der Waals surface area contributed by atoms with Gasteiger partial charge in [0, 0.05) is 0 Å². The van der Waals surface area contributed by atoms with Crippen molar-refractivity contribution >= 4 is 12.2 Å². The molecule has 1 aliphatic heterocycles. The molecule has 23 heavy (non-hydrogen) atoms. The minimum atomic E-state index is -2.44. The maximum atomic E-state index is 2.70. The summed E-state index contributed by atoms with van der Waals surface area (Å²) in [5.41, 5.74) is 9.73. The Labute approximate surface area is 143 Å². The molecule has 1 fully saturated rings. The molecular weight excluding hydrogens is 355 g/mol. The average molecular weight is 378 g/mol. The third kappa shape index (κ3) is 1.93. The van der Waals surface area contributed by atoms with Crippen LogP contribution in [0.5, 0.6) is 0 Å². The molecule has 0 saturated carbocycles. The molecule has 2 aromatic carbocycles. The Morgan fingerprint density at radius 3 is 1.61 bits per heavy atom. The van der Waals surface area contributed by atoms with Crippen molar-refractivity contribution in [3.8, 4) is 0 Å². The van der Waals surface area contributed by atoms with Gasteiger partial charge in [-0.15, -0.1) is 0 Å². The standard InChI is InChI=1S/C20H16.2CH3.Zr/c1-2-6-18-12-15(11-17(18)5-1)9-10-16-13-19-7-3-4-8-20(19)14-16;;;/h1-8,11-14H,9-10H2;2*1H3;. The van der Waals surface area contributed by atoms with Crippen molar-refractivity contribution in [1.82, 2.24) is 0 Å². The van der Waals surface area contributed by atoms with Crippen LogP contribution in [0.25, 0.3) is 12.2 Å². The molecule has 114 valence electrons. The van der Waals surface area contributed by atoms with Crippen molar-refractivity contribution in [3.05, 3.63) is 81.9 Å². The summed E-state index contributed by atoms with van der Waals surface area (Å²) in [6, 6.07) is 18.3. The molecule has 5 rings (SSSR count). The Balaban J connectivity index is 1.71. The fraction of sp³-hybridized carbons (Fsp3) is 0.273. The number of hydrogen-bond donors (Lipinski definition) is 0. The summed E-state index contributed by atoms with van der Waals surface area (Å²) in [6.07, 6.45) is 7.56. The van der Waals surface area contributed by atoms with Gasteiger partial charge in [-0.3, -0.25) is 0 Å². The van der Waals surface area contributed by atoms with Crippen LogP contribution in [-0.4, -0.2) is 0 Å². The number of fused-ring (bicyclic) bond motifs is 6. The van der Waals surface area contributed by atoms with E-state index in [1.807, 2.05) is 0 Å². The minimum absolute atomic E-state index is 0.766. The predicted molar refractivity (Wildman–Crippen MR) is 95.3 cm³/mol. The van der Waals surface area contributed by atoms with E-state index in [4.69, 9.17) is 0 Å². The van der Waals surface area contributed by atoms with E-state index in [1.165, 1.54) is 24.0 Å². The molecule has 2 atom stereocenters. The number of benzene rings is 2. The monoisotopic (exact) mass is 376 g/mol. The summed E-state index contributed by atoms with van der Waals surface area (Å²) in [5, 5.41) is 0. The summed E-state index contributed by atoms with van der Waals surface area (Å²) < 4.78 is 6.92. The summed E-state index contributed by atoms with van der Waals surface area (Å²) in [7, 11) is 0.